The van der Waals surface area contributed by atoms with Crippen molar-refractivity contribution in [1.82, 2.24) is 0 Å². The van der Waals surface area contributed by atoms with Crippen LogP contribution < -0.4 is 0 Å². The summed E-state index contributed by atoms with van der Waals surface area (Å²) in [6.45, 7) is 6.40. The van der Waals surface area contributed by atoms with Gasteiger partial charge in [-0.2, -0.15) is 0 Å². The number of hydrogen-bond donors (Lipinski definition) is 0. The van der Waals surface area contributed by atoms with Crippen LogP contribution >= 0.6 is 0 Å². The normalized spacial score (nSPS) is 10.6. The van der Waals surface area contributed by atoms with Gasteiger partial charge in [0, 0.05) is 0 Å². The van der Waals surface area contributed by atoms with E-state index in [9.17, 15) is 0 Å². The van der Waals surface area contributed by atoms with Gasteiger partial charge in [-0.3, -0.25) is 0 Å². The lowest BCUT2D eigenvalue weighted by atomic mass is 9.90. The first kappa shape index (κ1) is 13.6. The quantitative estimate of drug-likeness (QED) is 0.557. The minimum absolute atomic E-state index is 1.18. The summed E-state index contributed by atoms with van der Waals surface area (Å²) in [6, 6.07) is 25.0. The van der Waals surface area contributed by atoms with Gasteiger partial charge >= 0.3 is 0 Å². The van der Waals surface area contributed by atoms with E-state index in [-0.39, 0.29) is 0 Å². The molecular formula is C21H19. The summed E-state index contributed by atoms with van der Waals surface area (Å²) >= 11 is 0. The summed E-state index contributed by atoms with van der Waals surface area (Å²) in [5.74, 6) is 0. The molecule has 0 heterocycles. The third-order valence-electron chi connectivity index (χ3n) is 3.89. The molecule has 0 saturated carbocycles. The first-order valence-electron chi connectivity index (χ1n) is 7.30. The molecule has 3 rings (SSSR count). The molecule has 21 heavy (non-hydrogen) atoms. The molecule has 3 aromatic rings. The Morgan fingerprint density at radius 2 is 1.14 bits per heavy atom. The maximum absolute atomic E-state index is 3.43. The SMILES string of the molecule is Cc1ccc(-c2[c]ccc(C)c2-c2ccc(C)cc2)cc1. The van der Waals surface area contributed by atoms with E-state index < -0.39 is 0 Å². The minimum atomic E-state index is 1.18. The smallest absolute Gasteiger partial charge is 0.00239 e. The van der Waals surface area contributed by atoms with Gasteiger partial charge in [0.25, 0.3) is 0 Å². The first-order chi connectivity index (χ1) is 10.1. The van der Waals surface area contributed by atoms with Crippen molar-refractivity contribution in [3.63, 3.8) is 0 Å². The molecule has 0 fully saturated rings. The Bertz CT molecular complexity index is 747. The Hall–Kier alpha value is -2.34. The predicted octanol–water partition coefficient (Wildman–Crippen LogP) is 5.75. The molecule has 1 radical (unpaired) electrons. The van der Waals surface area contributed by atoms with Crippen molar-refractivity contribution in [1.29, 1.82) is 0 Å². The van der Waals surface area contributed by atoms with Gasteiger partial charge in [0.2, 0.25) is 0 Å². The number of rotatable bonds is 2. The van der Waals surface area contributed by atoms with Crippen LogP contribution in [-0.2, 0) is 0 Å². The van der Waals surface area contributed by atoms with E-state index in [0.717, 1.165) is 0 Å². The highest BCUT2D eigenvalue weighted by molar-refractivity contribution is 5.85. The van der Waals surface area contributed by atoms with Crippen LogP contribution in [0.3, 0.4) is 0 Å². The zero-order valence-electron chi connectivity index (χ0n) is 12.8. The van der Waals surface area contributed by atoms with Crippen molar-refractivity contribution in [3.05, 3.63) is 83.4 Å². The third-order valence-corrected chi connectivity index (χ3v) is 3.89. The Morgan fingerprint density at radius 3 is 1.71 bits per heavy atom. The van der Waals surface area contributed by atoms with E-state index in [4.69, 9.17) is 0 Å². The summed E-state index contributed by atoms with van der Waals surface area (Å²) in [5, 5.41) is 0. The molecule has 0 aromatic heterocycles. The van der Waals surface area contributed by atoms with Gasteiger partial charge in [0.15, 0.2) is 0 Å². The topological polar surface area (TPSA) is 0 Å². The second-order valence-corrected chi connectivity index (χ2v) is 5.64. The van der Waals surface area contributed by atoms with E-state index in [1.54, 1.807) is 0 Å². The summed E-state index contributed by atoms with van der Waals surface area (Å²) in [7, 11) is 0. The zero-order chi connectivity index (χ0) is 14.8. The summed E-state index contributed by atoms with van der Waals surface area (Å²) < 4.78 is 0. The summed E-state index contributed by atoms with van der Waals surface area (Å²) in [5.41, 5.74) is 8.79. The number of aryl methyl sites for hydroxylation is 3. The molecule has 0 unspecified atom stereocenters. The van der Waals surface area contributed by atoms with Gasteiger partial charge in [0.05, 0.1) is 0 Å². The van der Waals surface area contributed by atoms with Crippen LogP contribution in [0, 0.1) is 26.8 Å². The van der Waals surface area contributed by atoms with E-state index in [0.29, 0.717) is 0 Å². The van der Waals surface area contributed by atoms with E-state index in [1.165, 1.54) is 38.9 Å². The molecule has 0 saturated heterocycles. The van der Waals surface area contributed by atoms with Crippen LogP contribution in [0.2, 0.25) is 0 Å². The van der Waals surface area contributed by atoms with Gasteiger partial charge in [-0.1, -0.05) is 71.8 Å². The highest BCUT2D eigenvalue weighted by Crippen LogP contribution is 2.34. The maximum atomic E-state index is 3.43. The minimum Gasteiger partial charge on any atom is -0.0587 e. The fourth-order valence-corrected chi connectivity index (χ4v) is 2.64. The molecule has 0 aliphatic carbocycles. The predicted molar refractivity (Wildman–Crippen MR) is 90.4 cm³/mol. The average molecular weight is 271 g/mol. The largest absolute Gasteiger partial charge is 0.0587 e. The Labute approximate surface area is 127 Å². The van der Waals surface area contributed by atoms with Crippen LogP contribution in [0.1, 0.15) is 16.7 Å². The molecule has 0 atom stereocenters. The van der Waals surface area contributed by atoms with Gasteiger partial charge in [0.1, 0.15) is 0 Å². The highest BCUT2D eigenvalue weighted by atomic mass is 14.1. The van der Waals surface area contributed by atoms with E-state index >= 15 is 0 Å². The van der Waals surface area contributed by atoms with Crippen molar-refractivity contribution in [2.24, 2.45) is 0 Å². The van der Waals surface area contributed by atoms with Crippen molar-refractivity contribution >= 4 is 0 Å². The van der Waals surface area contributed by atoms with Crippen LogP contribution in [0.4, 0.5) is 0 Å². The second-order valence-electron chi connectivity index (χ2n) is 5.64. The Morgan fingerprint density at radius 1 is 0.619 bits per heavy atom. The molecule has 0 nitrogen and oxygen atoms in total. The molecule has 0 N–H and O–H groups in total. The number of hydrogen-bond acceptors (Lipinski definition) is 0. The second kappa shape index (κ2) is 5.57. The monoisotopic (exact) mass is 271 g/mol. The van der Waals surface area contributed by atoms with Gasteiger partial charge in [-0.25, -0.2) is 0 Å². The van der Waals surface area contributed by atoms with Crippen LogP contribution in [-0.4, -0.2) is 0 Å². The standard InChI is InChI=1S/C21H19/c1-15-7-11-18(12-8-15)20-6-4-5-17(3)21(20)19-13-9-16(2)10-14-19/h4-5,7-14H,1-3H3. The molecule has 0 aliphatic rings. The molecule has 0 heteroatoms. The van der Waals surface area contributed by atoms with Crippen molar-refractivity contribution < 1.29 is 0 Å². The summed E-state index contributed by atoms with van der Waals surface area (Å²) in [6.07, 6.45) is 0. The summed E-state index contributed by atoms with van der Waals surface area (Å²) in [4.78, 5) is 0. The van der Waals surface area contributed by atoms with Crippen LogP contribution in [0.5, 0.6) is 0 Å². The Kier molecular flexibility index (Phi) is 3.62. The molecule has 0 aliphatic heterocycles. The third kappa shape index (κ3) is 2.75. The van der Waals surface area contributed by atoms with Crippen molar-refractivity contribution in [2.75, 3.05) is 0 Å². The lowest BCUT2D eigenvalue weighted by Crippen LogP contribution is -1.90. The maximum Gasteiger partial charge on any atom is -0.00239 e. The average Bonchev–Trinajstić information content (AvgIpc) is 2.49. The van der Waals surface area contributed by atoms with Gasteiger partial charge in [-0.05, 0) is 54.7 Å². The molecule has 0 bridgehead atoms. The Balaban J connectivity index is 2.20. The highest BCUT2D eigenvalue weighted by Gasteiger charge is 2.10. The molecule has 103 valence electrons. The molecular weight excluding hydrogens is 252 g/mol. The number of benzene rings is 3. The van der Waals surface area contributed by atoms with Crippen LogP contribution in [0.15, 0.2) is 60.7 Å². The van der Waals surface area contributed by atoms with Crippen molar-refractivity contribution in [2.45, 2.75) is 20.8 Å². The van der Waals surface area contributed by atoms with Gasteiger partial charge < -0.3 is 0 Å². The fourth-order valence-electron chi connectivity index (χ4n) is 2.64. The lowest BCUT2D eigenvalue weighted by molar-refractivity contribution is 1.42. The molecule has 0 amide bonds. The zero-order valence-corrected chi connectivity index (χ0v) is 12.8. The van der Waals surface area contributed by atoms with E-state index in [2.05, 4.69) is 81.4 Å². The van der Waals surface area contributed by atoms with Gasteiger partial charge in [-0.15, -0.1) is 0 Å². The molecule has 0 spiro atoms. The lowest BCUT2D eigenvalue weighted by Gasteiger charge is -2.13. The first-order valence-corrected chi connectivity index (χ1v) is 7.30. The van der Waals surface area contributed by atoms with E-state index in [1.807, 2.05) is 6.07 Å². The van der Waals surface area contributed by atoms with Crippen LogP contribution in [0.25, 0.3) is 22.3 Å². The molecule has 3 aromatic carbocycles. The fraction of sp³-hybridized carbons (Fsp3) is 0.143. The van der Waals surface area contributed by atoms with Crippen molar-refractivity contribution in [3.8, 4) is 22.3 Å².